The summed E-state index contributed by atoms with van der Waals surface area (Å²) in [4.78, 5) is 0.150. The van der Waals surface area contributed by atoms with Crippen LogP contribution in [0.3, 0.4) is 0 Å². The van der Waals surface area contributed by atoms with Crippen molar-refractivity contribution in [3.8, 4) is 11.3 Å². The monoisotopic (exact) mass is 399 g/mol. The fourth-order valence-corrected chi connectivity index (χ4v) is 4.51. The molecule has 1 aromatic heterocycles. The van der Waals surface area contributed by atoms with E-state index in [2.05, 4.69) is 5.10 Å². The first kappa shape index (κ1) is 20.3. The van der Waals surface area contributed by atoms with Crippen LogP contribution in [0, 0.1) is 0 Å². The summed E-state index contributed by atoms with van der Waals surface area (Å²) < 4.78 is 30.0. The van der Waals surface area contributed by atoms with Crippen molar-refractivity contribution in [1.29, 1.82) is 0 Å². The minimum absolute atomic E-state index is 0.0122. The lowest BCUT2D eigenvalue weighted by atomic mass is 10.2. The molecule has 0 bridgehead atoms. The predicted octanol–water partition coefficient (Wildman–Crippen LogP) is 3.31. The van der Waals surface area contributed by atoms with Crippen LogP contribution in [0.5, 0.6) is 0 Å². The summed E-state index contributed by atoms with van der Waals surface area (Å²) in [7, 11) is -3.86. The molecular weight excluding hydrogens is 374 g/mol. The van der Waals surface area contributed by atoms with Crippen molar-refractivity contribution in [2.75, 3.05) is 13.2 Å². The molecule has 1 heterocycles. The van der Waals surface area contributed by atoms with E-state index in [0.717, 1.165) is 11.1 Å². The Kier molecular flexibility index (Phi) is 6.28. The maximum atomic E-state index is 13.5. The largest absolute Gasteiger partial charge is 0.395 e. The van der Waals surface area contributed by atoms with Gasteiger partial charge in [0.25, 0.3) is 0 Å². The van der Waals surface area contributed by atoms with Crippen molar-refractivity contribution < 1.29 is 13.5 Å². The van der Waals surface area contributed by atoms with Gasteiger partial charge in [-0.1, -0.05) is 60.7 Å². The zero-order valence-corrected chi connectivity index (χ0v) is 16.9. The van der Waals surface area contributed by atoms with Gasteiger partial charge in [-0.15, -0.1) is 0 Å². The minimum atomic E-state index is -3.86. The van der Waals surface area contributed by atoms with Gasteiger partial charge in [-0.25, -0.2) is 8.42 Å². The number of aliphatic hydroxyl groups is 1. The summed E-state index contributed by atoms with van der Waals surface area (Å²) in [6.07, 6.45) is 1.58. The first-order valence-corrected chi connectivity index (χ1v) is 10.7. The maximum Gasteiger partial charge on any atom is 0.247 e. The topological polar surface area (TPSA) is 75.4 Å². The van der Waals surface area contributed by atoms with E-state index in [4.69, 9.17) is 0 Å². The highest BCUT2D eigenvalue weighted by Crippen LogP contribution is 2.30. The van der Waals surface area contributed by atoms with Crippen LogP contribution < -0.4 is 0 Å². The van der Waals surface area contributed by atoms with Gasteiger partial charge in [0, 0.05) is 30.9 Å². The van der Waals surface area contributed by atoms with Crippen LogP contribution in [0.4, 0.5) is 0 Å². The number of hydrogen-bond donors (Lipinski definition) is 1. The van der Waals surface area contributed by atoms with E-state index in [9.17, 15) is 13.5 Å². The molecule has 0 fully saturated rings. The summed E-state index contributed by atoms with van der Waals surface area (Å²) in [5.74, 6) is 0. The van der Waals surface area contributed by atoms with E-state index in [0.29, 0.717) is 5.69 Å². The molecule has 7 heteroatoms. The molecule has 6 nitrogen and oxygen atoms in total. The van der Waals surface area contributed by atoms with Crippen molar-refractivity contribution in [2.45, 2.75) is 31.3 Å². The number of nitrogens with zero attached hydrogens (tertiary/aromatic N) is 3. The SMILES string of the molecule is CC(C)n1cc(S(=O)(=O)N(CCO)Cc2ccccc2)c(-c2ccccc2)n1. The lowest BCUT2D eigenvalue weighted by molar-refractivity contribution is 0.251. The van der Waals surface area contributed by atoms with E-state index in [1.54, 1.807) is 10.9 Å². The molecule has 0 aliphatic rings. The van der Waals surface area contributed by atoms with Crippen LogP contribution in [0.2, 0.25) is 0 Å². The molecule has 28 heavy (non-hydrogen) atoms. The van der Waals surface area contributed by atoms with Gasteiger partial charge in [0.2, 0.25) is 10.0 Å². The smallest absolute Gasteiger partial charge is 0.247 e. The van der Waals surface area contributed by atoms with Gasteiger partial charge in [0.1, 0.15) is 10.6 Å². The average molecular weight is 400 g/mol. The number of aliphatic hydroxyl groups excluding tert-OH is 1. The van der Waals surface area contributed by atoms with Gasteiger partial charge in [0.05, 0.1) is 6.61 Å². The lowest BCUT2D eigenvalue weighted by Gasteiger charge is -2.21. The van der Waals surface area contributed by atoms with Crippen molar-refractivity contribution >= 4 is 10.0 Å². The fourth-order valence-electron chi connectivity index (χ4n) is 2.95. The van der Waals surface area contributed by atoms with Crippen LogP contribution in [-0.4, -0.2) is 40.8 Å². The second-order valence-corrected chi connectivity index (χ2v) is 8.74. The van der Waals surface area contributed by atoms with Gasteiger partial charge in [-0.05, 0) is 19.4 Å². The second-order valence-electron chi connectivity index (χ2n) is 6.83. The fraction of sp³-hybridized carbons (Fsp3) is 0.286. The molecule has 0 saturated carbocycles. The van der Waals surface area contributed by atoms with Crippen LogP contribution in [0.1, 0.15) is 25.5 Å². The van der Waals surface area contributed by atoms with E-state index in [1.165, 1.54) is 4.31 Å². The second kappa shape index (κ2) is 8.68. The molecule has 0 aliphatic heterocycles. The van der Waals surface area contributed by atoms with Gasteiger partial charge in [0.15, 0.2) is 0 Å². The standard InChI is InChI=1S/C21H25N3O3S/c1-17(2)24-16-20(21(22-24)19-11-7-4-8-12-19)28(26,27)23(13-14-25)15-18-9-5-3-6-10-18/h3-12,16-17,25H,13-15H2,1-2H3. The molecule has 148 valence electrons. The molecular formula is C21H25N3O3S. The highest BCUT2D eigenvalue weighted by Gasteiger charge is 2.30. The van der Waals surface area contributed by atoms with Crippen LogP contribution in [-0.2, 0) is 16.6 Å². The molecule has 3 aromatic rings. The molecule has 1 N–H and O–H groups in total. The van der Waals surface area contributed by atoms with Crippen LogP contribution >= 0.6 is 0 Å². The molecule has 0 unspecified atom stereocenters. The average Bonchev–Trinajstić information content (AvgIpc) is 3.16. The van der Waals surface area contributed by atoms with Gasteiger partial charge >= 0.3 is 0 Å². The Labute approximate surface area is 166 Å². The normalized spacial score (nSPS) is 12.0. The summed E-state index contributed by atoms with van der Waals surface area (Å²) in [6.45, 7) is 3.84. The minimum Gasteiger partial charge on any atom is -0.395 e. The quantitative estimate of drug-likeness (QED) is 0.631. The van der Waals surface area contributed by atoms with Gasteiger partial charge in [-0.2, -0.15) is 9.40 Å². The maximum absolute atomic E-state index is 13.5. The van der Waals surface area contributed by atoms with Crippen LogP contribution in [0.15, 0.2) is 71.8 Å². The van der Waals surface area contributed by atoms with E-state index in [-0.39, 0.29) is 30.6 Å². The Bertz CT molecular complexity index is 1000. The lowest BCUT2D eigenvalue weighted by Crippen LogP contribution is -2.33. The molecule has 3 rings (SSSR count). The first-order chi connectivity index (χ1) is 13.4. The van der Waals surface area contributed by atoms with Crippen LogP contribution in [0.25, 0.3) is 11.3 Å². The van der Waals surface area contributed by atoms with E-state index in [1.807, 2.05) is 74.5 Å². The molecule has 0 aliphatic carbocycles. The molecule has 0 amide bonds. The summed E-state index contributed by atoms with van der Waals surface area (Å²) in [5.41, 5.74) is 2.02. The van der Waals surface area contributed by atoms with Crippen molar-refractivity contribution in [3.63, 3.8) is 0 Å². The molecule has 0 atom stereocenters. The molecule has 0 radical (unpaired) electrons. The number of benzene rings is 2. The number of sulfonamides is 1. The third-order valence-corrected chi connectivity index (χ3v) is 6.29. The number of aromatic nitrogens is 2. The molecule has 0 saturated heterocycles. The Balaban J connectivity index is 2.08. The van der Waals surface area contributed by atoms with Crippen molar-refractivity contribution in [2.24, 2.45) is 0 Å². The van der Waals surface area contributed by atoms with Crippen molar-refractivity contribution in [1.82, 2.24) is 14.1 Å². The Hall–Kier alpha value is -2.48. The number of hydrogen-bond acceptors (Lipinski definition) is 4. The molecule has 2 aromatic carbocycles. The van der Waals surface area contributed by atoms with Gasteiger partial charge in [-0.3, -0.25) is 4.68 Å². The molecule has 0 spiro atoms. The highest BCUT2D eigenvalue weighted by molar-refractivity contribution is 7.89. The third kappa shape index (κ3) is 4.32. The Morgan fingerprint density at radius 3 is 2.21 bits per heavy atom. The first-order valence-electron chi connectivity index (χ1n) is 9.23. The van der Waals surface area contributed by atoms with E-state index >= 15 is 0 Å². The predicted molar refractivity (Wildman–Crippen MR) is 109 cm³/mol. The number of rotatable bonds is 8. The van der Waals surface area contributed by atoms with Crippen molar-refractivity contribution in [3.05, 3.63) is 72.4 Å². The summed E-state index contributed by atoms with van der Waals surface area (Å²) >= 11 is 0. The summed E-state index contributed by atoms with van der Waals surface area (Å²) in [5, 5.41) is 14.0. The van der Waals surface area contributed by atoms with Gasteiger partial charge < -0.3 is 5.11 Å². The Morgan fingerprint density at radius 1 is 1.04 bits per heavy atom. The third-order valence-electron chi connectivity index (χ3n) is 4.44. The van der Waals surface area contributed by atoms with E-state index < -0.39 is 10.0 Å². The highest BCUT2D eigenvalue weighted by atomic mass is 32.2. The summed E-state index contributed by atoms with van der Waals surface area (Å²) in [6, 6.07) is 18.7. The Morgan fingerprint density at radius 2 is 1.64 bits per heavy atom. The zero-order chi connectivity index (χ0) is 20.1. The zero-order valence-electron chi connectivity index (χ0n) is 16.1.